The van der Waals surface area contributed by atoms with Crippen LogP contribution in [0.2, 0.25) is 0 Å². The Balaban J connectivity index is 2.40. The largest absolute Gasteiger partial charge is 0.389 e. The second kappa shape index (κ2) is 5.73. The summed E-state index contributed by atoms with van der Waals surface area (Å²) in [4.78, 5) is 2.19. The van der Waals surface area contributed by atoms with Gasteiger partial charge in [0.1, 0.15) is 4.99 Å². The van der Waals surface area contributed by atoms with Crippen molar-refractivity contribution in [2.24, 2.45) is 5.73 Å². The second-order valence-corrected chi connectivity index (χ2v) is 6.00. The normalized spacial score (nSPS) is 23.5. The first-order valence-electron chi connectivity index (χ1n) is 6.08. The fourth-order valence-corrected chi connectivity index (χ4v) is 3.04. The summed E-state index contributed by atoms with van der Waals surface area (Å²) >= 11 is 8.13. The minimum absolute atomic E-state index is 0.0876. The third kappa shape index (κ3) is 2.90. The molecule has 1 aliphatic rings. The highest BCUT2D eigenvalue weighted by atomic mass is 79.9. The summed E-state index contributed by atoms with van der Waals surface area (Å²) in [5.74, 6) is -0.328. The topological polar surface area (TPSA) is 38.5 Å². The molecule has 0 aliphatic carbocycles. The molecular weight excluding hydrogens is 331 g/mol. The van der Waals surface area contributed by atoms with Gasteiger partial charge in [0.25, 0.3) is 0 Å². The monoisotopic (exact) mass is 346 g/mol. The zero-order valence-corrected chi connectivity index (χ0v) is 13.2. The molecule has 3 nitrogen and oxygen atoms in total. The molecule has 19 heavy (non-hydrogen) atoms. The van der Waals surface area contributed by atoms with Crippen LogP contribution >= 0.6 is 28.1 Å². The van der Waals surface area contributed by atoms with E-state index in [-0.39, 0.29) is 23.0 Å². The molecule has 0 spiro atoms. The molecule has 0 aromatic heterocycles. The van der Waals surface area contributed by atoms with Gasteiger partial charge in [-0.25, -0.2) is 4.39 Å². The Morgan fingerprint density at radius 2 is 2.21 bits per heavy atom. The summed E-state index contributed by atoms with van der Waals surface area (Å²) in [5.41, 5.74) is 6.63. The zero-order valence-electron chi connectivity index (χ0n) is 10.8. The fraction of sp³-hybridized carbons (Fsp3) is 0.462. The quantitative estimate of drug-likeness (QED) is 0.835. The summed E-state index contributed by atoms with van der Waals surface area (Å²) in [6.07, 6.45) is 0.0876. The Bertz CT molecular complexity index is 512. The van der Waals surface area contributed by atoms with Gasteiger partial charge in [0.05, 0.1) is 22.9 Å². The molecule has 0 bridgehead atoms. The highest BCUT2D eigenvalue weighted by Gasteiger charge is 2.27. The van der Waals surface area contributed by atoms with E-state index in [1.165, 1.54) is 0 Å². The van der Waals surface area contributed by atoms with Gasteiger partial charge in [0.2, 0.25) is 0 Å². The van der Waals surface area contributed by atoms with Crippen LogP contribution in [-0.2, 0) is 4.74 Å². The summed E-state index contributed by atoms with van der Waals surface area (Å²) < 4.78 is 20.3. The van der Waals surface area contributed by atoms with Crippen LogP contribution in [-0.4, -0.2) is 30.3 Å². The number of morpholine rings is 1. The number of benzene rings is 1. The molecule has 1 aliphatic heterocycles. The molecule has 1 saturated heterocycles. The molecule has 1 aromatic carbocycles. The SMILES string of the molecule is CC1CN(c2ccc(C(N)=S)c(Br)c2F)C(C)CO1. The lowest BCUT2D eigenvalue weighted by molar-refractivity contribution is 0.0341. The summed E-state index contributed by atoms with van der Waals surface area (Å²) in [6, 6.07) is 3.61. The first-order valence-corrected chi connectivity index (χ1v) is 7.28. The summed E-state index contributed by atoms with van der Waals surface area (Å²) in [6.45, 7) is 5.25. The van der Waals surface area contributed by atoms with E-state index in [9.17, 15) is 4.39 Å². The van der Waals surface area contributed by atoms with Crippen LogP contribution in [0.1, 0.15) is 19.4 Å². The van der Waals surface area contributed by atoms with E-state index in [4.69, 9.17) is 22.7 Å². The fourth-order valence-electron chi connectivity index (χ4n) is 2.19. The average molecular weight is 347 g/mol. The van der Waals surface area contributed by atoms with Crippen LogP contribution in [0.4, 0.5) is 10.1 Å². The Labute approximate surface area is 126 Å². The van der Waals surface area contributed by atoms with Gasteiger partial charge >= 0.3 is 0 Å². The molecule has 1 fully saturated rings. The Kier molecular flexibility index (Phi) is 4.43. The third-order valence-corrected chi connectivity index (χ3v) is 4.24. The van der Waals surface area contributed by atoms with Gasteiger partial charge in [-0.1, -0.05) is 12.2 Å². The molecule has 104 valence electrons. The molecule has 2 rings (SSSR count). The number of rotatable bonds is 2. The number of hydrogen-bond donors (Lipinski definition) is 1. The second-order valence-electron chi connectivity index (χ2n) is 4.77. The van der Waals surface area contributed by atoms with Crippen molar-refractivity contribution in [2.45, 2.75) is 26.0 Å². The molecule has 2 N–H and O–H groups in total. The van der Waals surface area contributed by atoms with E-state index >= 15 is 0 Å². The van der Waals surface area contributed by atoms with Gasteiger partial charge in [-0.3, -0.25) is 0 Å². The molecule has 1 aromatic rings. The van der Waals surface area contributed by atoms with Crippen molar-refractivity contribution in [3.05, 3.63) is 28.0 Å². The van der Waals surface area contributed by atoms with Crippen LogP contribution < -0.4 is 10.6 Å². The highest BCUT2D eigenvalue weighted by Crippen LogP contribution is 2.32. The van der Waals surface area contributed by atoms with Gasteiger partial charge in [0.15, 0.2) is 5.82 Å². The Hall–Kier alpha value is -0.720. The first kappa shape index (κ1) is 14.7. The first-order chi connectivity index (χ1) is 8.91. The minimum atomic E-state index is -0.328. The molecule has 6 heteroatoms. The summed E-state index contributed by atoms with van der Waals surface area (Å²) in [5, 5.41) is 0. The minimum Gasteiger partial charge on any atom is -0.389 e. The number of ether oxygens (including phenoxy) is 1. The van der Waals surface area contributed by atoms with E-state index in [0.717, 1.165) is 0 Å². The molecule has 0 saturated carbocycles. The number of hydrogen-bond acceptors (Lipinski definition) is 3. The predicted octanol–water partition coefficient (Wildman–Crippen LogP) is 2.84. The van der Waals surface area contributed by atoms with Crippen LogP contribution in [0.15, 0.2) is 16.6 Å². The Morgan fingerprint density at radius 3 is 2.84 bits per heavy atom. The van der Waals surface area contributed by atoms with Crippen LogP contribution in [0.3, 0.4) is 0 Å². The third-order valence-electron chi connectivity index (χ3n) is 3.24. The Morgan fingerprint density at radius 1 is 1.53 bits per heavy atom. The lowest BCUT2D eigenvalue weighted by atomic mass is 10.1. The van der Waals surface area contributed by atoms with Gasteiger partial charge in [-0.15, -0.1) is 0 Å². The standard InChI is InChI=1S/C13H16BrFN2OS/c1-7-6-18-8(2)5-17(7)10-4-3-9(13(16)19)11(14)12(10)15/h3-4,7-8H,5-6H2,1-2H3,(H2,16,19). The molecule has 1 heterocycles. The maximum Gasteiger partial charge on any atom is 0.161 e. The van der Waals surface area contributed by atoms with Crippen molar-refractivity contribution < 1.29 is 9.13 Å². The highest BCUT2D eigenvalue weighted by molar-refractivity contribution is 9.10. The van der Waals surface area contributed by atoms with E-state index in [0.29, 0.717) is 28.9 Å². The van der Waals surface area contributed by atoms with Crippen LogP contribution in [0, 0.1) is 5.82 Å². The van der Waals surface area contributed by atoms with Crippen LogP contribution in [0.5, 0.6) is 0 Å². The van der Waals surface area contributed by atoms with Crippen molar-refractivity contribution in [3.63, 3.8) is 0 Å². The number of nitrogens with zero attached hydrogens (tertiary/aromatic N) is 1. The molecule has 2 unspecified atom stereocenters. The van der Waals surface area contributed by atoms with Gasteiger partial charge in [-0.2, -0.15) is 0 Å². The number of nitrogens with two attached hydrogens (primary N) is 1. The maximum absolute atomic E-state index is 14.5. The number of thiocarbonyl (C=S) groups is 1. The smallest absolute Gasteiger partial charge is 0.161 e. The van der Waals surface area contributed by atoms with E-state index in [1.54, 1.807) is 12.1 Å². The molecule has 0 radical (unpaired) electrons. The zero-order chi connectivity index (χ0) is 14.2. The van der Waals surface area contributed by atoms with Crippen LogP contribution in [0.25, 0.3) is 0 Å². The van der Waals surface area contributed by atoms with Crippen molar-refractivity contribution in [3.8, 4) is 0 Å². The lowest BCUT2D eigenvalue weighted by Crippen LogP contribution is -2.47. The van der Waals surface area contributed by atoms with Crippen molar-refractivity contribution in [2.75, 3.05) is 18.1 Å². The number of anilines is 1. The lowest BCUT2D eigenvalue weighted by Gasteiger charge is -2.38. The average Bonchev–Trinajstić information content (AvgIpc) is 2.35. The van der Waals surface area contributed by atoms with E-state index in [1.807, 2.05) is 18.7 Å². The van der Waals surface area contributed by atoms with E-state index < -0.39 is 0 Å². The number of halogens is 2. The van der Waals surface area contributed by atoms with Crippen molar-refractivity contribution >= 4 is 38.8 Å². The maximum atomic E-state index is 14.5. The molecule has 0 amide bonds. The van der Waals surface area contributed by atoms with Gasteiger partial charge in [-0.05, 0) is 41.9 Å². The molecular formula is C13H16BrFN2OS. The van der Waals surface area contributed by atoms with E-state index in [2.05, 4.69) is 15.9 Å². The van der Waals surface area contributed by atoms with Crippen molar-refractivity contribution in [1.29, 1.82) is 0 Å². The summed E-state index contributed by atoms with van der Waals surface area (Å²) in [7, 11) is 0. The van der Waals surface area contributed by atoms with Crippen molar-refractivity contribution in [1.82, 2.24) is 0 Å². The van der Waals surface area contributed by atoms with Gasteiger partial charge in [0, 0.05) is 18.2 Å². The predicted molar refractivity (Wildman–Crippen MR) is 82.2 cm³/mol. The van der Waals surface area contributed by atoms with Gasteiger partial charge < -0.3 is 15.4 Å². The molecule has 2 atom stereocenters.